The van der Waals surface area contributed by atoms with E-state index < -0.39 is 0 Å². The molecule has 3 nitrogen and oxygen atoms in total. The van der Waals surface area contributed by atoms with Gasteiger partial charge in [0.1, 0.15) is 11.6 Å². The highest BCUT2D eigenvalue weighted by atomic mass is 19.1. The Kier molecular flexibility index (Phi) is 2.40. The second-order valence-electron chi connectivity index (χ2n) is 4.81. The van der Waals surface area contributed by atoms with Crippen molar-refractivity contribution >= 4 is 11.0 Å². The summed E-state index contributed by atoms with van der Waals surface area (Å²) >= 11 is 0. The normalized spacial score (nSPS) is 24.6. The molecule has 1 fully saturated rings. The quantitative estimate of drug-likeness (QED) is 0.836. The number of nitrogens with one attached hydrogen (secondary N) is 2. The number of nitrogens with zero attached hydrogens (tertiary/aromatic N) is 1. The van der Waals surface area contributed by atoms with Crippen LogP contribution in [0.1, 0.15) is 25.6 Å². The van der Waals surface area contributed by atoms with E-state index in [0.29, 0.717) is 0 Å². The van der Waals surface area contributed by atoms with E-state index >= 15 is 0 Å². The Labute approximate surface area is 99.4 Å². The van der Waals surface area contributed by atoms with Crippen LogP contribution in [0.25, 0.3) is 11.0 Å². The van der Waals surface area contributed by atoms with Crippen LogP contribution in [0.15, 0.2) is 18.2 Å². The standard InChI is InChI=1S/C13H16FN3/c1-2-13(5-6-15-8-13)12-16-10-4-3-9(14)7-11(10)17-12/h3-4,7,15H,2,5-6,8H2,1H3,(H,16,17). The molecule has 0 spiro atoms. The van der Waals surface area contributed by atoms with Crippen molar-refractivity contribution in [2.75, 3.05) is 13.1 Å². The SMILES string of the molecule is CCC1(c2nc3ccc(F)cc3[nH]2)CCNC1. The maximum Gasteiger partial charge on any atom is 0.125 e. The highest BCUT2D eigenvalue weighted by molar-refractivity contribution is 5.75. The van der Waals surface area contributed by atoms with E-state index in [1.54, 1.807) is 6.07 Å². The van der Waals surface area contributed by atoms with Crippen molar-refractivity contribution in [3.05, 3.63) is 29.8 Å². The van der Waals surface area contributed by atoms with Crippen LogP contribution in [0.5, 0.6) is 0 Å². The van der Waals surface area contributed by atoms with Gasteiger partial charge in [-0.05, 0) is 37.6 Å². The average molecular weight is 233 g/mol. The monoisotopic (exact) mass is 233 g/mol. The number of aromatic amines is 1. The van der Waals surface area contributed by atoms with Crippen molar-refractivity contribution in [1.29, 1.82) is 0 Å². The van der Waals surface area contributed by atoms with Crippen LogP contribution in [0.4, 0.5) is 4.39 Å². The summed E-state index contributed by atoms with van der Waals surface area (Å²) in [5.41, 5.74) is 1.73. The van der Waals surface area contributed by atoms with Crippen LogP contribution in [-0.2, 0) is 5.41 Å². The lowest BCUT2D eigenvalue weighted by Gasteiger charge is -2.23. The van der Waals surface area contributed by atoms with Gasteiger partial charge in [-0.3, -0.25) is 0 Å². The van der Waals surface area contributed by atoms with Gasteiger partial charge >= 0.3 is 0 Å². The number of H-pyrrole nitrogens is 1. The molecule has 1 atom stereocenters. The maximum absolute atomic E-state index is 13.1. The Morgan fingerprint density at radius 1 is 1.47 bits per heavy atom. The van der Waals surface area contributed by atoms with Gasteiger partial charge in [0.2, 0.25) is 0 Å². The van der Waals surface area contributed by atoms with Gasteiger partial charge in [-0.1, -0.05) is 6.92 Å². The summed E-state index contributed by atoms with van der Waals surface area (Å²) < 4.78 is 13.1. The molecule has 1 unspecified atom stereocenters. The number of benzene rings is 1. The zero-order chi connectivity index (χ0) is 11.9. The van der Waals surface area contributed by atoms with E-state index in [-0.39, 0.29) is 11.2 Å². The van der Waals surface area contributed by atoms with Crippen molar-refractivity contribution in [3.63, 3.8) is 0 Å². The molecule has 17 heavy (non-hydrogen) atoms. The third-order valence-electron chi connectivity index (χ3n) is 3.87. The first-order valence-electron chi connectivity index (χ1n) is 6.10. The van der Waals surface area contributed by atoms with Crippen LogP contribution in [0.2, 0.25) is 0 Å². The molecule has 2 aromatic rings. The summed E-state index contributed by atoms with van der Waals surface area (Å²) in [7, 11) is 0. The van der Waals surface area contributed by atoms with Gasteiger partial charge in [0.15, 0.2) is 0 Å². The molecular formula is C13H16FN3. The summed E-state index contributed by atoms with van der Waals surface area (Å²) in [5.74, 6) is 0.772. The van der Waals surface area contributed by atoms with Crippen LogP contribution < -0.4 is 5.32 Å². The Balaban J connectivity index is 2.11. The Hall–Kier alpha value is -1.42. The van der Waals surface area contributed by atoms with Gasteiger partial charge in [-0.15, -0.1) is 0 Å². The van der Waals surface area contributed by atoms with Crippen molar-refractivity contribution in [2.45, 2.75) is 25.2 Å². The van der Waals surface area contributed by atoms with E-state index in [9.17, 15) is 4.39 Å². The molecule has 0 aliphatic carbocycles. The molecule has 4 heteroatoms. The fourth-order valence-electron chi connectivity index (χ4n) is 2.65. The number of rotatable bonds is 2. The van der Waals surface area contributed by atoms with Crippen molar-refractivity contribution < 1.29 is 4.39 Å². The van der Waals surface area contributed by atoms with Crippen molar-refractivity contribution in [2.24, 2.45) is 0 Å². The van der Waals surface area contributed by atoms with E-state index in [1.165, 1.54) is 12.1 Å². The predicted octanol–water partition coefficient (Wildman–Crippen LogP) is 2.34. The average Bonchev–Trinajstić information content (AvgIpc) is 2.94. The summed E-state index contributed by atoms with van der Waals surface area (Å²) in [6.07, 6.45) is 2.13. The van der Waals surface area contributed by atoms with E-state index in [0.717, 1.165) is 42.8 Å². The molecule has 1 aliphatic heterocycles. The smallest absolute Gasteiger partial charge is 0.125 e. The Morgan fingerprint density at radius 2 is 2.35 bits per heavy atom. The number of fused-ring (bicyclic) bond motifs is 1. The number of hydrogen-bond acceptors (Lipinski definition) is 2. The number of halogens is 1. The minimum Gasteiger partial charge on any atom is -0.341 e. The summed E-state index contributed by atoms with van der Waals surface area (Å²) in [5, 5.41) is 3.38. The fourth-order valence-corrected chi connectivity index (χ4v) is 2.65. The second kappa shape index (κ2) is 3.81. The van der Waals surface area contributed by atoms with Gasteiger partial charge < -0.3 is 10.3 Å². The molecule has 1 aromatic carbocycles. The fraction of sp³-hybridized carbons (Fsp3) is 0.462. The molecular weight excluding hydrogens is 217 g/mol. The van der Waals surface area contributed by atoms with E-state index in [4.69, 9.17) is 0 Å². The van der Waals surface area contributed by atoms with Crippen LogP contribution >= 0.6 is 0 Å². The molecule has 1 aromatic heterocycles. The van der Waals surface area contributed by atoms with Gasteiger partial charge in [0.25, 0.3) is 0 Å². The van der Waals surface area contributed by atoms with Crippen molar-refractivity contribution in [1.82, 2.24) is 15.3 Å². The zero-order valence-electron chi connectivity index (χ0n) is 9.89. The third kappa shape index (κ3) is 1.63. The molecule has 2 N–H and O–H groups in total. The minimum atomic E-state index is -0.220. The number of imidazole rings is 1. The lowest BCUT2D eigenvalue weighted by Crippen LogP contribution is -2.29. The second-order valence-corrected chi connectivity index (χ2v) is 4.81. The Morgan fingerprint density at radius 3 is 3.06 bits per heavy atom. The first-order chi connectivity index (χ1) is 8.23. The topological polar surface area (TPSA) is 40.7 Å². The number of aromatic nitrogens is 2. The molecule has 0 amide bonds. The van der Waals surface area contributed by atoms with E-state index in [1.807, 2.05) is 0 Å². The minimum absolute atomic E-state index is 0.0928. The molecule has 0 radical (unpaired) electrons. The van der Waals surface area contributed by atoms with Crippen LogP contribution in [0, 0.1) is 5.82 Å². The molecule has 1 saturated heterocycles. The largest absolute Gasteiger partial charge is 0.341 e. The molecule has 3 rings (SSSR count). The van der Waals surface area contributed by atoms with E-state index in [2.05, 4.69) is 22.2 Å². The lowest BCUT2D eigenvalue weighted by atomic mass is 9.83. The summed E-state index contributed by atoms with van der Waals surface area (Å²) in [4.78, 5) is 7.90. The van der Waals surface area contributed by atoms with Gasteiger partial charge in [-0.2, -0.15) is 0 Å². The van der Waals surface area contributed by atoms with Gasteiger partial charge in [0, 0.05) is 12.0 Å². The van der Waals surface area contributed by atoms with Gasteiger partial charge in [-0.25, -0.2) is 9.37 Å². The molecule has 2 heterocycles. The summed E-state index contributed by atoms with van der Waals surface area (Å²) in [6.45, 7) is 4.16. The highest BCUT2D eigenvalue weighted by Gasteiger charge is 2.36. The van der Waals surface area contributed by atoms with Gasteiger partial charge in [0.05, 0.1) is 11.0 Å². The molecule has 0 saturated carbocycles. The van der Waals surface area contributed by atoms with Crippen molar-refractivity contribution in [3.8, 4) is 0 Å². The molecule has 1 aliphatic rings. The first kappa shape index (κ1) is 10.7. The first-order valence-corrected chi connectivity index (χ1v) is 6.10. The third-order valence-corrected chi connectivity index (χ3v) is 3.87. The predicted molar refractivity (Wildman–Crippen MR) is 65.5 cm³/mol. The number of hydrogen-bond donors (Lipinski definition) is 2. The molecule has 0 bridgehead atoms. The van der Waals surface area contributed by atoms with Crippen LogP contribution in [0.3, 0.4) is 0 Å². The molecule has 90 valence electrons. The maximum atomic E-state index is 13.1. The highest BCUT2D eigenvalue weighted by Crippen LogP contribution is 2.33. The lowest BCUT2D eigenvalue weighted by molar-refractivity contribution is 0.430. The zero-order valence-corrected chi connectivity index (χ0v) is 9.89. The van der Waals surface area contributed by atoms with Crippen LogP contribution in [-0.4, -0.2) is 23.1 Å². The Bertz CT molecular complexity index is 541. The summed E-state index contributed by atoms with van der Waals surface area (Å²) in [6, 6.07) is 4.70.